The van der Waals surface area contributed by atoms with Crippen molar-refractivity contribution in [1.29, 1.82) is 0 Å². The van der Waals surface area contributed by atoms with Crippen LogP contribution in [0.25, 0.3) is 0 Å². The van der Waals surface area contributed by atoms with Gasteiger partial charge in [-0.3, -0.25) is 4.79 Å². The van der Waals surface area contributed by atoms with Crippen LogP contribution in [0.2, 0.25) is 0 Å². The zero-order valence-corrected chi connectivity index (χ0v) is 15.8. The van der Waals surface area contributed by atoms with Gasteiger partial charge in [-0.1, -0.05) is 32.1 Å². The molecule has 25 heavy (non-hydrogen) atoms. The lowest BCUT2D eigenvalue weighted by Gasteiger charge is -2.43. The molecule has 2 aliphatic rings. The van der Waals surface area contributed by atoms with Crippen molar-refractivity contribution in [2.24, 2.45) is 17.8 Å². The van der Waals surface area contributed by atoms with Crippen molar-refractivity contribution in [3.05, 3.63) is 23.8 Å². The quantitative estimate of drug-likeness (QED) is 0.464. The molecule has 2 aliphatic carbocycles. The maximum atomic E-state index is 13.1. The second kappa shape index (κ2) is 6.69. The molecule has 0 aliphatic heterocycles. The molecule has 0 spiro atoms. The molecule has 0 aromatic heterocycles. The molecule has 2 N–H and O–H groups in total. The predicted octanol–water partition coefficient (Wildman–Crippen LogP) is 2.56. The molecule has 5 nitrogen and oxygen atoms in total. The van der Waals surface area contributed by atoms with E-state index in [-0.39, 0.29) is 24.5 Å². The molecular formula is C20H30O5. The highest BCUT2D eigenvalue weighted by molar-refractivity contribution is 5.90. The number of aliphatic hydroxyl groups is 2. The highest BCUT2D eigenvalue weighted by Crippen LogP contribution is 2.52. The van der Waals surface area contributed by atoms with Gasteiger partial charge in [0.05, 0.1) is 5.92 Å². The molecule has 140 valence electrons. The second-order valence-electron chi connectivity index (χ2n) is 8.02. The first-order valence-electron chi connectivity index (χ1n) is 8.97. The molecule has 0 amide bonds. The van der Waals surface area contributed by atoms with Crippen LogP contribution < -0.4 is 0 Å². The van der Waals surface area contributed by atoms with Crippen LogP contribution in [-0.2, 0) is 14.3 Å². The monoisotopic (exact) mass is 350 g/mol. The number of ketones is 1. The van der Waals surface area contributed by atoms with Crippen LogP contribution in [0.3, 0.4) is 0 Å². The Kier molecular flexibility index (Phi) is 5.31. The number of hydrogen-bond acceptors (Lipinski definition) is 5. The molecule has 5 atom stereocenters. The number of fused-ring (bicyclic) bond motifs is 1. The van der Waals surface area contributed by atoms with E-state index in [4.69, 9.17) is 4.74 Å². The summed E-state index contributed by atoms with van der Waals surface area (Å²) in [6, 6.07) is 0. The van der Waals surface area contributed by atoms with Crippen molar-refractivity contribution < 1.29 is 24.5 Å². The highest BCUT2D eigenvalue weighted by atomic mass is 16.6. The van der Waals surface area contributed by atoms with Crippen molar-refractivity contribution in [3.63, 3.8) is 0 Å². The van der Waals surface area contributed by atoms with Gasteiger partial charge in [-0.15, -0.1) is 0 Å². The molecule has 0 saturated heterocycles. The fourth-order valence-corrected chi connectivity index (χ4v) is 4.13. The summed E-state index contributed by atoms with van der Waals surface area (Å²) < 4.78 is 5.58. The summed E-state index contributed by atoms with van der Waals surface area (Å²) >= 11 is 0. The molecule has 5 heteroatoms. The van der Waals surface area contributed by atoms with E-state index >= 15 is 0 Å². The lowest BCUT2D eigenvalue weighted by molar-refractivity contribution is -0.211. The van der Waals surface area contributed by atoms with Crippen LogP contribution in [0.1, 0.15) is 53.9 Å². The second-order valence-corrected chi connectivity index (χ2v) is 8.02. The summed E-state index contributed by atoms with van der Waals surface area (Å²) in [5.74, 6) is -1.88. The Bertz CT molecular complexity index is 616. The average Bonchev–Trinajstić information content (AvgIpc) is 2.82. The van der Waals surface area contributed by atoms with Crippen LogP contribution in [0.4, 0.5) is 0 Å². The lowest BCUT2D eigenvalue weighted by atomic mass is 9.73. The van der Waals surface area contributed by atoms with E-state index in [1.807, 2.05) is 13.8 Å². The van der Waals surface area contributed by atoms with Gasteiger partial charge in [-0.05, 0) is 46.0 Å². The van der Waals surface area contributed by atoms with Gasteiger partial charge >= 0.3 is 5.97 Å². The van der Waals surface area contributed by atoms with Crippen molar-refractivity contribution in [1.82, 2.24) is 0 Å². The molecule has 0 radical (unpaired) electrons. The predicted molar refractivity (Wildman–Crippen MR) is 94.7 cm³/mol. The minimum Gasteiger partial charge on any atom is -0.456 e. The molecule has 0 heterocycles. The van der Waals surface area contributed by atoms with E-state index in [1.165, 1.54) is 6.92 Å². The Morgan fingerprint density at radius 2 is 2.00 bits per heavy atom. The number of allylic oxidation sites excluding steroid dienone is 1. The standard InChI is InChI=1S/C20H30O5/c1-7-12(4)18(22)25-15-10-14(11(2)3)17(21)16-13(5)8-9-20(16,24)19(15,6)23/h7,11,14-16,23-24H,5,8-10H2,1-4,6H3/b12-7-/t14-,15-,16-,19+,20-/m0/s1. The van der Waals surface area contributed by atoms with Crippen LogP contribution in [0.15, 0.2) is 23.8 Å². The highest BCUT2D eigenvalue weighted by Gasteiger charge is 2.64. The third-order valence-corrected chi connectivity index (χ3v) is 6.14. The third kappa shape index (κ3) is 3.08. The number of Topliss-reactive ketones (excluding diaryl/α,β-unsaturated/α-hetero) is 1. The Morgan fingerprint density at radius 1 is 1.40 bits per heavy atom. The molecule has 2 fully saturated rings. The summed E-state index contributed by atoms with van der Waals surface area (Å²) in [6.07, 6.45) is 1.57. The van der Waals surface area contributed by atoms with E-state index < -0.39 is 35.1 Å². The number of carbonyl (C=O) groups is 2. The maximum Gasteiger partial charge on any atom is 0.333 e. The largest absolute Gasteiger partial charge is 0.456 e. The minimum atomic E-state index is -1.74. The Labute approximate surface area is 149 Å². The normalized spacial score (nSPS) is 39.4. The Hall–Kier alpha value is -1.46. The number of rotatable bonds is 3. The van der Waals surface area contributed by atoms with Crippen molar-refractivity contribution in [2.75, 3.05) is 0 Å². The Balaban J connectivity index is 2.51. The maximum absolute atomic E-state index is 13.1. The fraction of sp³-hybridized carbons (Fsp3) is 0.700. The van der Waals surface area contributed by atoms with Crippen molar-refractivity contribution >= 4 is 11.8 Å². The van der Waals surface area contributed by atoms with E-state index in [2.05, 4.69) is 6.58 Å². The van der Waals surface area contributed by atoms with Crippen LogP contribution >= 0.6 is 0 Å². The molecule has 2 rings (SSSR count). The summed E-state index contributed by atoms with van der Waals surface area (Å²) in [7, 11) is 0. The topological polar surface area (TPSA) is 83.8 Å². The first-order valence-corrected chi connectivity index (χ1v) is 8.97. The SMILES string of the molecule is C=C1CC[C@]2(O)[C@@H]1C(=O)[C@H](C(C)C)C[C@H](OC(=O)/C(C)=C\C)[C@@]2(C)O. The summed E-state index contributed by atoms with van der Waals surface area (Å²) in [5.41, 5.74) is -2.33. The lowest BCUT2D eigenvalue weighted by Crippen LogP contribution is -2.61. The van der Waals surface area contributed by atoms with Crippen LogP contribution in [0, 0.1) is 17.8 Å². The van der Waals surface area contributed by atoms with E-state index in [0.717, 1.165) is 0 Å². The van der Waals surface area contributed by atoms with Gasteiger partial charge in [0.2, 0.25) is 0 Å². The van der Waals surface area contributed by atoms with Crippen molar-refractivity contribution in [3.8, 4) is 0 Å². The molecular weight excluding hydrogens is 320 g/mol. The zero-order chi connectivity index (χ0) is 19.2. The molecule has 2 saturated carbocycles. The van der Waals surface area contributed by atoms with Gasteiger partial charge in [0.25, 0.3) is 0 Å². The van der Waals surface area contributed by atoms with Gasteiger partial charge < -0.3 is 14.9 Å². The van der Waals surface area contributed by atoms with E-state index in [0.29, 0.717) is 17.6 Å². The number of ether oxygens (including phenoxy) is 1. The van der Waals surface area contributed by atoms with Gasteiger partial charge in [0, 0.05) is 11.5 Å². The first-order chi connectivity index (χ1) is 11.5. The van der Waals surface area contributed by atoms with Gasteiger partial charge in [-0.2, -0.15) is 0 Å². The summed E-state index contributed by atoms with van der Waals surface area (Å²) in [4.78, 5) is 25.4. The number of hydrogen-bond donors (Lipinski definition) is 2. The summed E-state index contributed by atoms with van der Waals surface area (Å²) in [5, 5.41) is 22.5. The van der Waals surface area contributed by atoms with Crippen LogP contribution in [0.5, 0.6) is 0 Å². The summed E-state index contributed by atoms with van der Waals surface area (Å²) in [6.45, 7) is 12.6. The molecule has 0 unspecified atom stereocenters. The average molecular weight is 350 g/mol. The number of esters is 1. The minimum absolute atomic E-state index is 0.00284. The van der Waals surface area contributed by atoms with Crippen LogP contribution in [-0.4, -0.2) is 39.3 Å². The Morgan fingerprint density at radius 3 is 2.52 bits per heavy atom. The first kappa shape index (κ1) is 19.9. The third-order valence-electron chi connectivity index (χ3n) is 6.14. The zero-order valence-electron chi connectivity index (χ0n) is 15.8. The van der Waals surface area contributed by atoms with E-state index in [9.17, 15) is 19.8 Å². The molecule has 0 aromatic carbocycles. The fourth-order valence-electron chi connectivity index (χ4n) is 4.13. The van der Waals surface area contributed by atoms with E-state index in [1.54, 1.807) is 19.9 Å². The van der Waals surface area contributed by atoms with Gasteiger partial charge in [0.15, 0.2) is 0 Å². The molecule has 0 aromatic rings. The molecule has 0 bridgehead atoms. The smallest absolute Gasteiger partial charge is 0.333 e. The van der Waals surface area contributed by atoms with Gasteiger partial charge in [-0.25, -0.2) is 4.79 Å². The van der Waals surface area contributed by atoms with Gasteiger partial charge in [0.1, 0.15) is 23.1 Å². The van der Waals surface area contributed by atoms with Crippen molar-refractivity contribution in [2.45, 2.75) is 71.2 Å². The number of carbonyl (C=O) groups excluding carboxylic acids is 2.